The fraction of sp³-hybridized carbons (Fsp3) is 0.500. The minimum atomic E-state index is -0.0442. The second-order valence-electron chi connectivity index (χ2n) is 8.85. The average Bonchev–Trinajstić information content (AvgIpc) is 2.74. The molecule has 1 saturated heterocycles. The minimum absolute atomic E-state index is 0.0442. The van der Waals surface area contributed by atoms with Gasteiger partial charge in [-0.2, -0.15) is 0 Å². The van der Waals surface area contributed by atoms with Crippen molar-refractivity contribution in [2.75, 3.05) is 32.8 Å². The lowest BCUT2D eigenvalue weighted by Gasteiger charge is -2.44. The Morgan fingerprint density at radius 3 is 2.62 bits per heavy atom. The summed E-state index contributed by atoms with van der Waals surface area (Å²) in [6.07, 6.45) is 1.62. The molecule has 174 valence electrons. The van der Waals surface area contributed by atoms with E-state index in [0.29, 0.717) is 35.7 Å². The van der Waals surface area contributed by atoms with Gasteiger partial charge in [-0.05, 0) is 87.1 Å². The number of aliphatic hydroxyl groups excluding tert-OH is 1. The second kappa shape index (κ2) is 11.2. The van der Waals surface area contributed by atoms with Gasteiger partial charge in [-0.3, -0.25) is 9.69 Å². The van der Waals surface area contributed by atoms with Gasteiger partial charge in [0.1, 0.15) is 5.75 Å². The van der Waals surface area contributed by atoms with Crippen LogP contribution in [0.1, 0.15) is 58.4 Å². The molecule has 6 heteroatoms. The van der Waals surface area contributed by atoms with Gasteiger partial charge in [0.05, 0.1) is 6.61 Å². The fourth-order valence-corrected chi connectivity index (χ4v) is 4.32. The number of aryl methyl sites for hydroxylation is 1. The molecule has 1 amide bonds. The predicted molar refractivity (Wildman–Crippen MR) is 130 cm³/mol. The first kappa shape index (κ1) is 24.6. The highest BCUT2D eigenvalue weighted by atomic mass is 35.5. The zero-order valence-corrected chi connectivity index (χ0v) is 20.3. The molecule has 1 unspecified atom stereocenters. The van der Waals surface area contributed by atoms with E-state index in [1.165, 1.54) is 16.7 Å². The van der Waals surface area contributed by atoms with Crippen LogP contribution in [-0.4, -0.2) is 48.8 Å². The summed E-state index contributed by atoms with van der Waals surface area (Å²) in [5.74, 6) is 1.35. The van der Waals surface area contributed by atoms with Crippen LogP contribution in [0.2, 0.25) is 5.02 Å². The van der Waals surface area contributed by atoms with Crippen LogP contribution in [0.25, 0.3) is 0 Å². The average molecular weight is 459 g/mol. The zero-order valence-electron chi connectivity index (χ0n) is 19.6. The molecule has 2 N–H and O–H groups in total. The van der Waals surface area contributed by atoms with E-state index in [9.17, 15) is 4.79 Å². The number of carbonyl (C=O) groups excluding carboxylic acids is 1. The molecule has 0 radical (unpaired) electrons. The molecule has 0 bridgehead atoms. The lowest BCUT2D eigenvalue weighted by molar-refractivity contribution is 0.0569. The molecule has 1 aliphatic heterocycles. The number of hydrogen-bond acceptors (Lipinski definition) is 4. The quantitative estimate of drug-likeness (QED) is 0.500. The second-order valence-corrected chi connectivity index (χ2v) is 9.26. The van der Waals surface area contributed by atoms with Gasteiger partial charge in [-0.15, -0.1) is 0 Å². The summed E-state index contributed by atoms with van der Waals surface area (Å²) in [5, 5.41) is 12.6. The van der Waals surface area contributed by atoms with Crippen molar-refractivity contribution in [3.8, 4) is 5.75 Å². The lowest BCUT2D eigenvalue weighted by Crippen LogP contribution is -2.52. The van der Waals surface area contributed by atoms with Crippen LogP contribution in [0.5, 0.6) is 5.75 Å². The number of rotatable bonds is 10. The van der Waals surface area contributed by atoms with Crippen molar-refractivity contribution in [3.63, 3.8) is 0 Å². The van der Waals surface area contributed by atoms with Crippen LogP contribution in [0.15, 0.2) is 30.3 Å². The molecule has 1 aliphatic rings. The van der Waals surface area contributed by atoms with E-state index >= 15 is 0 Å². The van der Waals surface area contributed by atoms with E-state index in [1.54, 1.807) is 12.1 Å². The molecule has 1 atom stereocenters. The summed E-state index contributed by atoms with van der Waals surface area (Å²) < 4.78 is 5.90. The Morgan fingerprint density at radius 2 is 1.94 bits per heavy atom. The maximum absolute atomic E-state index is 12.4. The van der Waals surface area contributed by atoms with Crippen LogP contribution < -0.4 is 10.1 Å². The van der Waals surface area contributed by atoms with Crippen molar-refractivity contribution < 1.29 is 14.6 Å². The van der Waals surface area contributed by atoms with Gasteiger partial charge in [0.2, 0.25) is 0 Å². The van der Waals surface area contributed by atoms with Crippen LogP contribution in [0.3, 0.4) is 0 Å². The lowest BCUT2D eigenvalue weighted by atomic mass is 9.91. The van der Waals surface area contributed by atoms with Crippen LogP contribution in [0, 0.1) is 26.7 Å². The number of halogens is 1. The van der Waals surface area contributed by atoms with Gasteiger partial charge >= 0.3 is 0 Å². The minimum Gasteiger partial charge on any atom is -0.493 e. The maximum Gasteiger partial charge on any atom is 0.251 e. The molecule has 0 aromatic heterocycles. The van der Waals surface area contributed by atoms with Gasteiger partial charge in [0.25, 0.3) is 5.91 Å². The van der Waals surface area contributed by atoms with E-state index in [1.807, 2.05) is 13.0 Å². The third-order valence-corrected chi connectivity index (χ3v) is 6.97. The normalized spacial score (nSPS) is 15.3. The Kier molecular flexibility index (Phi) is 8.57. The summed E-state index contributed by atoms with van der Waals surface area (Å²) in [6, 6.07) is 9.94. The number of amides is 1. The smallest absolute Gasteiger partial charge is 0.251 e. The zero-order chi connectivity index (χ0) is 23.3. The predicted octanol–water partition coefficient (Wildman–Crippen LogP) is 4.84. The number of likely N-dealkylation sites (tertiary alicyclic amines) is 1. The Labute approximate surface area is 196 Å². The highest BCUT2D eigenvalue weighted by Crippen LogP contribution is 2.34. The van der Waals surface area contributed by atoms with Crippen molar-refractivity contribution in [1.82, 2.24) is 10.2 Å². The Bertz CT molecular complexity index is 941. The maximum atomic E-state index is 12.4. The summed E-state index contributed by atoms with van der Waals surface area (Å²) in [5.41, 5.74) is 5.34. The van der Waals surface area contributed by atoms with Crippen LogP contribution in [0.4, 0.5) is 0 Å². The number of benzene rings is 2. The van der Waals surface area contributed by atoms with E-state index in [0.717, 1.165) is 37.2 Å². The van der Waals surface area contributed by atoms with E-state index < -0.39 is 0 Å². The number of carbonyl (C=O) groups is 1. The molecule has 2 aromatic rings. The third-order valence-electron chi connectivity index (χ3n) is 6.54. The number of nitrogens with zero attached hydrogens (tertiary/aromatic N) is 1. The van der Waals surface area contributed by atoms with Crippen molar-refractivity contribution >= 4 is 17.5 Å². The highest BCUT2D eigenvalue weighted by Gasteiger charge is 2.32. The number of nitrogens with one attached hydrogen (secondary N) is 1. The Morgan fingerprint density at radius 1 is 1.19 bits per heavy atom. The number of unbranched alkanes of at least 4 members (excludes halogenated alkanes) is 1. The number of aliphatic hydroxyl groups is 1. The van der Waals surface area contributed by atoms with Crippen molar-refractivity contribution in [1.29, 1.82) is 0 Å². The first-order valence-corrected chi connectivity index (χ1v) is 11.8. The summed E-state index contributed by atoms with van der Waals surface area (Å²) in [6.45, 7) is 11.9. The standard InChI is InChI=1S/C26H35ClN2O3/c1-17-13-22(7-9-24(17)27)26(31)28-14-21-15-29(16-21)20(4)23-8-10-25(19(3)18(23)2)32-12-6-5-11-30/h7-10,13,20-21,30H,5-6,11-12,14-16H2,1-4H3,(H,28,31). The van der Waals surface area contributed by atoms with Gasteiger partial charge < -0.3 is 15.2 Å². The molecule has 0 saturated carbocycles. The van der Waals surface area contributed by atoms with Gasteiger partial charge in [0, 0.05) is 48.8 Å². The van der Waals surface area contributed by atoms with Gasteiger partial charge in [-0.1, -0.05) is 17.7 Å². The van der Waals surface area contributed by atoms with E-state index in [2.05, 4.69) is 43.1 Å². The number of ether oxygens (including phenoxy) is 1. The molecular formula is C26H35ClN2O3. The molecule has 2 aromatic carbocycles. The summed E-state index contributed by atoms with van der Waals surface area (Å²) in [4.78, 5) is 14.9. The van der Waals surface area contributed by atoms with E-state index in [-0.39, 0.29) is 12.5 Å². The molecule has 1 fully saturated rings. The molecule has 0 aliphatic carbocycles. The Balaban J connectivity index is 1.49. The van der Waals surface area contributed by atoms with Crippen molar-refractivity contribution in [2.24, 2.45) is 5.92 Å². The van der Waals surface area contributed by atoms with Crippen LogP contribution >= 0.6 is 11.6 Å². The topological polar surface area (TPSA) is 61.8 Å². The van der Waals surface area contributed by atoms with Crippen molar-refractivity contribution in [3.05, 3.63) is 63.2 Å². The summed E-state index contributed by atoms with van der Waals surface area (Å²) >= 11 is 6.05. The molecule has 1 heterocycles. The Hall–Kier alpha value is -2.08. The van der Waals surface area contributed by atoms with Crippen molar-refractivity contribution in [2.45, 2.75) is 46.6 Å². The molecular weight excluding hydrogens is 424 g/mol. The largest absolute Gasteiger partial charge is 0.493 e. The SMILES string of the molecule is Cc1cc(C(=O)NCC2CN(C(C)c3ccc(OCCCCO)c(C)c3C)C2)ccc1Cl. The molecule has 3 rings (SSSR count). The first-order valence-electron chi connectivity index (χ1n) is 11.4. The fourth-order valence-electron chi connectivity index (χ4n) is 4.20. The third kappa shape index (κ3) is 5.83. The monoisotopic (exact) mass is 458 g/mol. The van der Waals surface area contributed by atoms with Gasteiger partial charge in [0.15, 0.2) is 0 Å². The first-order chi connectivity index (χ1) is 15.3. The number of hydrogen-bond donors (Lipinski definition) is 2. The van der Waals surface area contributed by atoms with Gasteiger partial charge in [-0.25, -0.2) is 0 Å². The molecule has 32 heavy (non-hydrogen) atoms. The molecule has 5 nitrogen and oxygen atoms in total. The molecule has 0 spiro atoms. The highest BCUT2D eigenvalue weighted by molar-refractivity contribution is 6.31. The van der Waals surface area contributed by atoms with E-state index in [4.69, 9.17) is 21.4 Å². The van der Waals surface area contributed by atoms with Crippen LogP contribution in [-0.2, 0) is 0 Å². The summed E-state index contributed by atoms with van der Waals surface area (Å²) in [7, 11) is 0.